The van der Waals surface area contributed by atoms with Crippen LogP contribution < -0.4 is 10.1 Å². The van der Waals surface area contributed by atoms with Crippen LogP contribution in [0.3, 0.4) is 0 Å². The van der Waals surface area contributed by atoms with Crippen LogP contribution in [0.1, 0.15) is 17.3 Å². The predicted molar refractivity (Wildman–Crippen MR) is 82.6 cm³/mol. The summed E-state index contributed by atoms with van der Waals surface area (Å²) >= 11 is 2.17. The number of alkyl halides is 3. The van der Waals surface area contributed by atoms with Gasteiger partial charge in [0.1, 0.15) is 16.1 Å². The quantitative estimate of drug-likeness (QED) is 0.771. The molecule has 4 nitrogen and oxygen atoms in total. The standard InChI is InChI=1S/C14H13F3IN3O/c15-14(16,17)9-1-3-10(4-2-9)22-7-11-12-13(18)20-8-21(12)6-5-19-11/h1-4,8,11,19H,5-7H2. The Balaban J connectivity index is 1.67. The number of nitrogens with zero attached hydrogens (tertiary/aromatic N) is 2. The van der Waals surface area contributed by atoms with Crippen molar-refractivity contribution < 1.29 is 17.9 Å². The van der Waals surface area contributed by atoms with Gasteiger partial charge in [-0.15, -0.1) is 0 Å². The molecule has 1 aliphatic heterocycles. The molecule has 1 aromatic carbocycles. The lowest BCUT2D eigenvalue weighted by Gasteiger charge is -2.26. The summed E-state index contributed by atoms with van der Waals surface area (Å²) in [5.41, 5.74) is 0.377. The van der Waals surface area contributed by atoms with E-state index in [-0.39, 0.29) is 6.04 Å². The number of ether oxygens (including phenoxy) is 1. The van der Waals surface area contributed by atoms with Crippen molar-refractivity contribution in [2.24, 2.45) is 0 Å². The summed E-state index contributed by atoms with van der Waals surface area (Å²) in [4.78, 5) is 4.27. The maximum atomic E-state index is 12.5. The van der Waals surface area contributed by atoms with E-state index < -0.39 is 11.7 Å². The zero-order valence-corrected chi connectivity index (χ0v) is 13.6. The average Bonchev–Trinajstić information content (AvgIpc) is 2.87. The lowest BCUT2D eigenvalue weighted by molar-refractivity contribution is -0.137. The highest BCUT2D eigenvalue weighted by Crippen LogP contribution is 2.30. The second-order valence-corrected chi connectivity index (χ2v) is 5.98. The minimum atomic E-state index is -4.33. The largest absolute Gasteiger partial charge is 0.492 e. The molecular weight excluding hydrogens is 410 g/mol. The van der Waals surface area contributed by atoms with Crippen LogP contribution in [0.4, 0.5) is 13.2 Å². The third-order valence-corrected chi connectivity index (χ3v) is 4.33. The minimum absolute atomic E-state index is 0.0227. The first kappa shape index (κ1) is 15.6. The minimum Gasteiger partial charge on any atom is -0.492 e. The maximum absolute atomic E-state index is 12.5. The normalized spacial score (nSPS) is 18.1. The molecule has 2 heterocycles. The highest BCUT2D eigenvalue weighted by atomic mass is 127. The topological polar surface area (TPSA) is 39.1 Å². The fourth-order valence-electron chi connectivity index (χ4n) is 2.40. The van der Waals surface area contributed by atoms with Gasteiger partial charge in [0.15, 0.2) is 0 Å². The molecule has 1 N–H and O–H groups in total. The smallest absolute Gasteiger partial charge is 0.416 e. The summed E-state index contributed by atoms with van der Waals surface area (Å²) in [6, 6.07) is 4.71. The summed E-state index contributed by atoms with van der Waals surface area (Å²) in [5.74, 6) is 0.418. The molecule has 1 aliphatic rings. The van der Waals surface area contributed by atoms with Gasteiger partial charge in [-0.25, -0.2) is 4.98 Å². The SMILES string of the molecule is FC(F)(F)c1ccc(OCC2NCCn3cnc(I)c32)cc1. The van der Waals surface area contributed by atoms with Gasteiger partial charge >= 0.3 is 6.18 Å². The third kappa shape index (κ3) is 3.22. The van der Waals surface area contributed by atoms with Gasteiger partial charge in [0.05, 0.1) is 23.6 Å². The van der Waals surface area contributed by atoms with Crippen molar-refractivity contribution in [2.75, 3.05) is 13.2 Å². The number of aromatic nitrogens is 2. The molecule has 0 radical (unpaired) electrons. The zero-order valence-electron chi connectivity index (χ0n) is 11.4. The summed E-state index contributed by atoms with van der Waals surface area (Å²) in [6.45, 7) is 2.00. The van der Waals surface area contributed by atoms with Gasteiger partial charge < -0.3 is 14.6 Å². The fraction of sp³-hybridized carbons (Fsp3) is 0.357. The molecule has 3 rings (SSSR count). The Morgan fingerprint density at radius 1 is 1.32 bits per heavy atom. The molecule has 0 spiro atoms. The molecule has 2 aromatic rings. The monoisotopic (exact) mass is 423 g/mol. The lowest BCUT2D eigenvalue weighted by atomic mass is 10.2. The second-order valence-electron chi connectivity index (χ2n) is 4.95. The van der Waals surface area contributed by atoms with E-state index in [0.29, 0.717) is 12.4 Å². The predicted octanol–water partition coefficient (Wildman–Crippen LogP) is 3.23. The highest BCUT2D eigenvalue weighted by Gasteiger charge is 2.30. The zero-order chi connectivity index (χ0) is 15.7. The summed E-state index contributed by atoms with van der Waals surface area (Å²) in [5, 5.41) is 3.34. The number of benzene rings is 1. The third-order valence-electron chi connectivity index (χ3n) is 3.50. The van der Waals surface area contributed by atoms with Gasteiger partial charge in [-0.3, -0.25) is 0 Å². The molecule has 0 aliphatic carbocycles. The molecule has 0 saturated heterocycles. The first-order chi connectivity index (χ1) is 10.4. The van der Waals surface area contributed by atoms with Crippen LogP contribution in [0.25, 0.3) is 0 Å². The molecule has 22 heavy (non-hydrogen) atoms. The van der Waals surface area contributed by atoms with Crippen molar-refractivity contribution in [3.63, 3.8) is 0 Å². The van der Waals surface area contributed by atoms with Crippen molar-refractivity contribution in [3.05, 3.63) is 45.6 Å². The van der Waals surface area contributed by atoms with Crippen LogP contribution >= 0.6 is 22.6 Å². The number of imidazole rings is 1. The van der Waals surface area contributed by atoms with Gasteiger partial charge in [0.25, 0.3) is 0 Å². The van der Waals surface area contributed by atoms with E-state index in [1.807, 2.05) is 0 Å². The van der Waals surface area contributed by atoms with Gasteiger partial charge in [-0.05, 0) is 46.9 Å². The Morgan fingerprint density at radius 2 is 2.05 bits per heavy atom. The maximum Gasteiger partial charge on any atom is 0.416 e. The second kappa shape index (κ2) is 6.07. The Hall–Kier alpha value is -1.29. The van der Waals surface area contributed by atoms with Crippen LogP contribution in [0.15, 0.2) is 30.6 Å². The van der Waals surface area contributed by atoms with Crippen molar-refractivity contribution >= 4 is 22.6 Å². The molecule has 1 atom stereocenters. The van der Waals surface area contributed by atoms with E-state index in [1.165, 1.54) is 12.1 Å². The number of fused-ring (bicyclic) bond motifs is 1. The van der Waals surface area contributed by atoms with E-state index in [2.05, 4.69) is 37.5 Å². The first-order valence-corrected chi connectivity index (χ1v) is 7.77. The van der Waals surface area contributed by atoms with E-state index in [1.54, 1.807) is 6.33 Å². The van der Waals surface area contributed by atoms with Crippen molar-refractivity contribution in [3.8, 4) is 5.75 Å². The molecule has 1 unspecified atom stereocenters. The van der Waals surface area contributed by atoms with E-state index in [4.69, 9.17) is 4.74 Å². The molecule has 0 fully saturated rings. The van der Waals surface area contributed by atoms with Gasteiger partial charge in [0, 0.05) is 13.1 Å². The highest BCUT2D eigenvalue weighted by molar-refractivity contribution is 14.1. The van der Waals surface area contributed by atoms with Crippen LogP contribution in [-0.4, -0.2) is 22.7 Å². The molecule has 8 heteroatoms. The fourth-order valence-corrected chi connectivity index (χ4v) is 3.21. The Morgan fingerprint density at radius 3 is 2.73 bits per heavy atom. The Labute approximate surface area is 138 Å². The molecule has 0 amide bonds. The molecule has 118 valence electrons. The van der Waals surface area contributed by atoms with E-state index in [0.717, 1.165) is 34.6 Å². The van der Waals surface area contributed by atoms with E-state index >= 15 is 0 Å². The summed E-state index contributed by atoms with van der Waals surface area (Å²) in [7, 11) is 0. The molecule has 0 saturated carbocycles. The van der Waals surface area contributed by atoms with Crippen LogP contribution in [-0.2, 0) is 12.7 Å². The lowest BCUT2D eigenvalue weighted by Crippen LogP contribution is -2.36. The van der Waals surface area contributed by atoms with Gasteiger partial charge in [-0.2, -0.15) is 13.2 Å². The van der Waals surface area contributed by atoms with Crippen LogP contribution in [0.5, 0.6) is 5.75 Å². The summed E-state index contributed by atoms with van der Waals surface area (Å²) in [6.07, 6.45) is -2.53. The van der Waals surface area contributed by atoms with Crippen LogP contribution in [0, 0.1) is 3.70 Å². The first-order valence-electron chi connectivity index (χ1n) is 6.69. The van der Waals surface area contributed by atoms with Gasteiger partial charge in [-0.1, -0.05) is 0 Å². The number of rotatable bonds is 3. The number of nitrogens with one attached hydrogen (secondary N) is 1. The molecule has 1 aromatic heterocycles. The Bertz CT molecular complexity index is 654. The van der Waals surface area contributed by atoms with Crippen molar-refractivity contribution in [2.45, 2.75) is 18.8 Å². The number of hydrogen-bond acceptors (Lipinski definition) is 3. The van der Waals surface area contributed by atoms with E-state index in [9.17, 15) is 13.2 Å². The van der Waals surface area contributed by atoms with Gasteiger partial charge in [0.2, 0.25) is 0 Å². The average molecular weight is 423 g/mol. The summed E-state index contributed by atoms with van der Waals surface area (Å²) < 4.78 is 46.1. The molecule has 0 bridgehead atoms. The van der Waals surface area contributed by atoms with Crippen LogP contribution in [0.2, 0.25) is 0 Å². The van der Waals surface area contributed by atoms with Crippen molar-refractivity contribution in [1.82, 2.24) is 14.9 Å². The molecular formula is C14H13F3IN3O. The van der Waals surface area contributed by atoms with Crippen molar-refractivity contribution in [1.29, 1.82) is 0 Å². The number of halogens is 4. The Kier molecular flexibility index (Phi) is 4.31. The number of hydrogen-bond donors (Lipinski definition) is 1.